The fourth-order valence-electron chi connectivity index (χ4n) is 4.44. The lowest BCUT2D eigenvalue weighted by atomic mass is 9.91. The number of rotatable bonds is 3. The maximum absolute atomic E-state index is 13.8. The number of nitrogens with zero attached hydrogens (tertiary/aromatic N) is 4. The summed E-state index contributed by atoms with van der Waals surface area (Å²) < 4.78 is 16.3. The molecule has 8 heteroatoms. The van der Waals surface area contributed by atoms with Crippen LogP contribution in [0.3, 0.4) is 0 Å². The summed E-state index contributed by atoms with van der Waals surface area (Å²) in [6, 6.07) is 12.1. The van der Waals surface area contributed by atoms with E-state index in [0.29, 0.717) is 16.9 Å². The first-order valence-electron chi connectivity index (χ1n) is 10.2. The molecule has 2 N–H and O–H groups in total. The molecule has 0 radical (unpaired) electrons. The first-order valence-corrected chi connectivity index (χ1v) is 11.0. The largest absolute Gasteiger partial charge is 0.367 e. The third-order valence-corrected chi connectivity index (χ3v) is 6.44. The van der Waals surface area contributed by atoms with Gasteiger partial charge in [-0.2, -0.15) is 9.61 Å². The topological polar surface area (TPSA) is 70.9 Å². The minimum Gasteiger partial charge on any atom is -0.367 e. The molecule has 4 aromatic heterocycles. The number of anilines is 1. The van der Waals surface area contributed by atoms with Gasteiger partial charge in [-0.25, -0.2) is 9.37 Å². The van der Waals surface area contributed by atoms with E-state index >= 15 is 0 Å². The number of benzene rings is 1. The molecular formula is C23H18BrFN6. The van der Waals surface area contributed by atoms with E-state index in [0.717, 1.165) is 29.6 Å². The van der Waals surface area contributed by atoms with E-state index in [4.69, 9.17) is 0 Å². The number of nitrogens with one attached hydrogen (secondary N) is 2. The molecule has 0 saturated carbocycles. The molecule has 1 unspecified atom stereocenters. The predicted octanol–water partition coefficient (Wildman–Crippen LogP) is 5.14. The molecule has 0 fully saturated rings. The van der Waals surface area contributed by atoms with Gasteiger partial charge in [-0.3, -0.25) is 4.98 Å². The van der Waals surface area contributed by atoms with Gasteiger partial charge in [-0.1, -0.05) is 18.2 Å². The summed E-state index contributed by atoms with van der Waals surface area (Å²) in [5.41, 5.74) is 5.84. The van der Waals surface area contributed by atoms with Gasteiger partial charge in [0.1, 0.15) is 11.6 Å². The average molecular weight is 477 g/mol. The first-order chi connectivity index (χ1) is 15.2. The highest BCUT2D eigenvalue weighted by Gasteiger charge is 2.23. The van der Waals surface area contributed by atoms with Crippen molar-refractivity contribution >= 4 is 38.3 Å². The molecule has 6 rings (SSSR count). The number of hydrogen-bond donors (Lipinski definition) is 2. The Morgan fingerprint density at radius 1 is 1.16 bits per heavy atom. The zero-order valence-electron chi connectivity index (χ0n) is 16.4. The monoisotopic (exact) mass is 476 g/mol. The molecule has 4 heterocycles. The van der Waals surface area contributed by atoms with Gasteiger partial charge >= 0.3 is 0 Å². The Kier molecular flexibility index (Phi) is 4.27. The van der Waals surface area contributed by atoms with E-state index in [9.17, 15) is 4.39 Å². The maximum Gasteiger partial charge on any atom is 0.172 e. The van der Waals surface area contributed by atoms with Crippen LogP contribution in [0.2, 0.25) is 0 Å². The van der Waals surface area contributed by atoms with Crippen LogP contribution in [0.15, 0.2) is 59.5 Å². The Balaban J connectivity index is 1.39. The molecule has 0 aliphatic heterocycles. The van der Waals surface area contributed by atoms with Crippen LogP contribution >= 0.6 is 15.9 Å². The zero-order chi connectivity index (χ0) is 20.9. The summed E-state index contributed by atoms with van der Waals surface area (Å²) in [4.78, 5) is 12.2. The number of aryl methyl sites for hydroxylation is 1. The highest BCUT2D eigenvalue weighted by atomic mass is 79.9. The quantitative estimate of drug-likeness (QED) is 0.378. The number of para-hydroxylation sites is 1. The summed E-state index contributed by atoms with van der Waals surface area (Å²) in [5, 5.41) is 9.43. The van der Waals surface area contributed by atoms with Gasteiger partial charge in [-0.15, -0.1) is 0 Å². The molecule has 31 heavy (non-hydrogen) atoms. The Hall–Kier alpha value is -3.26. The number of aromatic amines is 1. The van der Waals surface area contributed by atoms with Crippen LogP contribution in [0.25, 0.3) is 27.8 Å². The van der Waals surface area contributed by atoms with Crippen LogP contribution in [0.4, 0.5) is 10.2 Å². The summed E-state index contributed by atoms with van der Waals surface area (Å²) in [5.74, 6) is 0.434. The van der Waals surface area contributed by atoms with Crippen LogP contribution in [0, 0.1) is 5.82 Å². The third kappa shape index (κ3) is 3.18. The number of fused-ring (bicyclic) bond motifs is 4. The lowest BCUT2D eigenvalue weighted by Crippen LogP contribution is -2.28. The molecule has 0 spiro atoms. The van der Waals surface area contributed by atoms with E-state index < -0.39 is 0 Å². The van der Waals surface area contributed by atoms with Crippen molar-refractivity contribution in [3.05, 3.63) is 76.5 Å². The molecule has 6 nitrogen and oxygen atoms in total. The predicted molar refractivity (Wildman–Crippen MR) is 122 cm³/mol. The molecular weight excluding hydrogens is 459 g/mol. The highest BCUT2D eigenvalue weighted by Crippen LogP contribution is 2.32. The Morgan fingerprint density at radius 2 is 2.06 bits per heavy atom. The number of hydrogen-bond acceptors (Lipinski definition) is 4. The van der Waals surface area contributed by atoms with Crippen molar-refractivity contribution in [1.82, 2.24) is 24.6 Å². The third-order valence-electron chi connectivity index (χ3n) is 5.88. The second-order valence-electron chi connectivity index (χ2n) is 7.86. The molecule has 1 aliphatic carbocycles. The normalized spacial score (nSPS) is 16.0. The van der Waals surface area contributed by atoms with Gasteiger partial charge < -0.3 is 10.3 Å². The summed E-state index contributed by atoms with van der Waals surface area (Å²) in [6.45, 7) is 0. The highest BCUT2D eigenvalue weighted by molar-refractivity contribution is 9.10. The lowest BCUT2D eigenvalue weighted by Gasteiger charge is -2.25. The van der Waals surface area contributed by atoms with Gasteiger partial charge in [0.25, 0.3) is 0 Å². The van der Waals surface area contributed by atoms with Gasteiger partial charge in [0.2, 0.25) is 0 Å². The molecule has 5 aromatic rings. The van der Waals surface area contributed by atoms with Gasteiger partial charge in [-0.05, 0) is 52.9 Å². The van der Waals surface area contributed by atoms with Gasteiger partial charge in [0.15, 0.2) is 5.65 Å². The minimum absolute atomic E-state index is 0.249. The zero-order valence-corrected chi connectivity index (χ0v) is 18.0. The van der Waals surface area contributed by atoms with E-state index in [1.165, 1.54) is 34.4 Å². The van der Waals surface area contributed by atoms with Crippen molar-refractivity contribution in [2.45, 2.75) is 25.3 Å². The van der Waals surface area contributed by atoms with Crippen molar-refractivity contribution in [2.75, 3.05) is 5.32 Å². The number of H-pyrrole nitrogens is 1. The van der Waals surface area contributed by atoms with Crippen molar-refractivity contribution < 1.29 is 4.39 Å². The molecule has 1 atom stereocenters. The summed E-state index contributed by atoms with van der Waals surface area (Å²) in [7, 11) is 0. The number of aromatic nitrogens is 5. The van der Waals surface area contributed by atoms with Gasteiger partial charge in [0, 0.05) is 40.5 Å². The van der Waals surface area contributed by atoms with Crippen molar-refractivity contribution in [3.63, 3.8) is 0 Å². The van der Waals surface area contributed by atoms with E-state index in [2.05, 4.69) is 65.6 Å². The smallest absolute Gasteiger partial charge is 0.172 e. The van der Waals surface area contributed by atoms with Crippen LogP contribution in [-0.4, -0.2) is 30.6 Å². The van der Waals surface area contributed by atoms with Crippen LogP contribution in [0.1, 0.15) is 17.7 Å². The fraction of sp³-hybridized carbons (Fsp3) is 0.174. The summed E-state index contributed by atoms with van der Waals surface area (Å²) >= 11 is 3.52. The van der Waals surface area contributed by atoms with Crippen molar-refractivity contribution in [3.8, 4) is 11.3 Å². The van der Waals surface area contributed by atoms with E-state index in [1.54, 1.807) is 16.9 Å². The molecule has 0 bridgehead atoms. The maximum atomic E-state index is 13.8. The van der Waals surface area contributed by atoms with Crippen LogP contribution < -0.4 is 5.32 Å². The molecule has 1 aromatic carbocycles. The average Bonchev–Trinajstić information content (AvgIpc) is 3.34. The molecule has 0 amide bonds. The first kappa shape index (κ1) is 18.5. The molecule has 154 valence electrons. The molecule has 1 aliphatic rings. The SMILES string of the molecule is Fc1cncc(-c2cc(NC3CCc4[nH]c5ccccc5c4C3)n3ncc(Br)c3n2)c1. The van der Waals surface area contributed by atoms with Crippen LogP contribution in [-0.2, 0) is 12.8 Å². The fourth-order valence-corrected chi connectivity index (χ4v) is 4.79. The Morgan fingerprint density at radius 3 is 2.97 bits per heavy atom. The molecule has 0 saturated heterocycles. The van der Waals surface area contributed by atoms with Gasteiger partial charge in [0.05, 0.1) is 22.6 Å². The minimum atomic E-state index is -0.389. The van der Waals surface area contributed by atoms with Crippen LogP contribution in [0.5, 0.6) is 0 Å². The Labute approximate surface area is 185 Å². The Bertz CT molecular complexity index is 1440. The van der Waals surface area contributed by atoms with Crippen molar-refractivity contribution in [2.24, 2.45) is 0 Å². The number of halogens is 2. The van der Waals surface area contributed by atoms with E-state index in [-0.39, 0.29) is 11.9 Å². The lowest BCUT2D eigenvalue weighted by molar-refractivity contribution is 0.603. The second-order valence-corrected chi connectivity index (χ2v) is 8.71. The standard InChI is InChI=1S/C23H18BrFN6/c24-18-12-27-31-22(9-21(30-23(18)31)13-7-14(25)11-26-10-13)28-15-5-6-20-17(8-15)16-3-1-2-4-19(16)29-20/h1-4,7,9-12,15,28-29H,5-6,8H2. The summed E-state index contributed by atoms with van der Waals surface area (Å²) in [6.07, 6.45) is 7.44. The number of pyridine rings is 1. The van der Waals surface area contributed by atoms with E-state index in [1.807, 2.05) is 6.07 Å². The van der Waals surface area contributed by atoms with Crippen molar-refractivity contribution in [1.29, 1.82) is 0 Å². The second kappa shape index (κ2) is 7.16.